The van der Waals surface area contributed by atoms with Crippen LogP contribution in [0.4, 0.5) is 4.39 Å². The standard InChI is InChI=1S/C21H25FO3/c22-19-10-4-8-17(13-23)20(19)21(15-24)11-5-9-18(12-21)25-14-16-6-2-1-3-7-16/h1-4,6-8,10,18,23-24H,5,9,11-15H2. The van der Waals surface area contributed by atoms with Gasteiger partial charge in [-0.3, -0.25) is 0 Å². The van der Waals surface area contributed by atoms with Crippen molar-refractivity contribution in [2.75, 3.05) is 6.61 Å². The van der Waals surface area contributed by atoms with Crippen LogP contribution >= 0.6 is 0 Å². The summed E-state index contributed by atoms with van der Waals surface area (Å²) in [6.07, 6.45) is 2.98. The summed E-state index contributed by atoms with van der Waals surface area (Å²) in [5.41, 5.74) is 1.42. The van der Waals surface area contributed by atoms with Gasteiger partial charge in [0.25, 0.3) is 0 Å². The van der Waals surface area contributed by atoms with Crippen molar-refractivity contribution in [1.82, 2.24) is 0 Å². The van der Waals surface area contributed by atoms with Crippen molar-refractivity contribution in [2.24, 2.45) is 0 Å². The van der Waals surface area contributed by atoms with Crippen molar-refractivity contribution in [3.63, 3.8) is 0 Å². The zero-order valence-electron chi connectivity index (χ0n) is 14.3. The number of benzene rings is 2. The lowest BCUT2D eigenvalue weighted by molar-refractivity contribution is -0.0182. The number of ether oxygens (including phenoxy) is 1. The van der Waals surface area contributed by atoms with Gasteiger partial charge in [0.15, 0.2) is 0 Å². The smallest absolute Gasteiger partial charge is 0.127 e. The summed E-state index contributed by atoms with van der Waals surface area (Å²) in [7, 11) is 0. The molecule has 2 aromatic rings. The summed E-state index contributed by atoms with van der Waals surface area (Å²) in [5, 5.41) is 19.8. The summed E-state index contributed by atoms with van der Waals surface area (Å²) >= 11 is 0. The van der Waals surface area contributed by atoms with Gasteiger partial charge in [-0.05, 0) is 42.9 Å². The van der Waals surface area contributed by atoms with Crippen LogP contribution in [-0.4, -0.2) is 22.9 Å². The molecule has 0 bridgehead atoms. The molecule has 2 aromatic carbocycles. The predicted octanol–water partition coefficient (Wildman–Crippen LogP) is 3.71. The minimum Gasteiger partial charge on any atom is -0.395 e. The van der Waals surface area contributed by atoms with E-state index in [2.05, 4.69) is 0 Å². The van der Waals surface area contributed by atoms with Crippen LogP contribution in [0.2, 0.25) is 0 Å². The molecule has 3 nitrogen and oxygen atoms in total. The first kappa shape index (κ1) is 18.1. The normalized spacial score (nSPS) is 23.6. The molecule has 2 atom stereocenters. The Labute approximate surface area is 148 Å². The average molecular weight is 344 g/mol. The highest BCUT2D eigenvalue weighted by Gasteiger charge is 2.41. The molecule has 0 aromatic heterocycles. The van der Waals surface area contributed by atoms with Gasteiger partial charge in [0.05, 0.1) is 25.9 Å². The maximum absolute atomic E-state index is 14.6. The highest BCUT2D eigenvalue weighted by molar-refractivity contribution is 5.36. The van der Waals surface area contributed by atoms with Gasteiger partial charge in [-0.25, -0.2) is 4.39 Å². The number of rotatable bonds is 6. The van der Waals surface area contributed by atoms with Crippen LogP contribution in [0, 0.1) is 5.82 Å². The minimum atomic E-state index is -0.691. The number of hydrogen-bond donors (Lipinski definition) is 2. The average Bonchev–Trinajstić information content (AvgIpc) is 2.67. The molecule has 1 fully saturated rings. The van der Waals surface area contributed by atoms with E-state index in [0.717, 1.165) is 18.4 Å². The Kier molecular flexibility index (Phi) is 5.84. The maximum Gasteiger partial charge on any atom is 0.127 e. The molecule has 1 aliphatic rings. The third-order valence-corrected chi connectivity index (χ3v) is 5.23. The molecule has 0 aliphatic heterocycles. The maximum atomic E-state index is 14.6. The van der Waals surface area contributed by atoms with Crippen LogP contribution in [-0.2, 0) is 23.4 Å². The van der Waals surface area contributed by atoms with Crippen molar-refractivity contribution in [1.29, 1.82) is 0 Å². The largest absolute Gasteiger partial charge is 0.395 e. The van der Waals surface area contributed by atoms with Gasteiger partial charge >= 0.3 is 0 Å². The molecule has 3 rings (SSSR count). The van der Waals surface area contributed by atoms with E-state index in [0.29, 0.717) is 30.6 Å². The van der Waals surface area contributed by atoms with Gasteiger partial charge in [0, 0.05) is 11.0 Å². The van der Waals surface area contributed by atoms with Crippen molar-refractivity contribution in [3.05, 3.63) is 71.0 Å². The molecule has 134 valence electrons. The molecule has 0 saturated heterocycles. The predicted molar refractivity (Wildman–Crippen MR) is 94.6 cm³/mol. The first-order chi connectivity index (χ1) is 12.2. The number of halogens is 1. The Balaban J connectivity index is 1.80. The third kappa shape index (κ3) is 3.92. The zero-order valence-corrected chi connectivity index (χ0v) is 14.3. The van der Waals surface area contributed by atoms with Crippen LogP contribution in [0.15, 0.2) is 48.5 Å². The topological polar surface area (TPSA) is 49.7 Å². The van der Waals surface area contributed by atoms with Crippen molar-refractivity contribution in [3.8, 4) is 0 Å². The van der Waals surface area contributed by atoms with E-state index in [1.165, 1.54) is 6.07 Å². The summed E-state index contributed by atoms with van der Waals surface area (Å²) in [5.74, 6) is -0.357. The molecule has 1 saturated carbocycles. The molecule has 1 aliphatic carbocycles. The second-order valence-electron chi connectivity index (χ2n) is 6.89. The van der Waals surface area contributed by atoms with Crippen LogP contribution in [0.3, 0.4) is 0 Å². The molecule has 4 heteroatoms. The SMILES string of the molecule is OCc1cccc(F)c1C1(CO)CCCC(OCc2ccccc2)C1. The van der Waals surface area contributed by atoms with E-state index in [4.69, 9.17) is 4.74 Å². The molecule has 2 unspecified atom stereocenters. The minimum absolute atomic E-state index is 0.0349. The van der Waals surface area contributed by atoms with Crippen molar-refractivity contribution in [2.45, 2.75) is 50.4 Å². The molecular formula is C21H25FO3. The van der Waals surface area contributed by atoms with Crippen molar-refractivity contribution < 1.29 is 19.3 Å². The second-order valence-corrected chi connectivity index (χ2v) is 6.89. The fourth-order valence-electron chi connectivity index (χ4n) is 3.98. The molecule has 0 heterocycles. The number of aliphatic hydroxyl groups is 2. The van der Waals surface area contributed by atoms with Crippen LogP contribution in [0.25, 0.3) is 0 Å². The highest BCUT2D eigenvalue weighted by atomic mass is 19.1. The Hall–Kier alpha value is -1.75. The lowest BCUT2D eigenvalue weighted by Gasteiger charge is -2.41. The molecule has 0 spiro atoms. The first-order valence-electron chi connectivity index (χ1n) is 8.83. The van der Waals surface area contributed by atoms with Crippen molar-refractivity contribution >= 4 is 0 Å². The molecule has 0 amide bonds. The highest BCUT2D eigenvalue weighted by Crippen LogP contribution is 2.43. The number of hydrogen-bond acceptors (Lipinski definition) is 3. The Bertz CT molecular complexity index is 689. The summed E-state index contributed by atoms with van der Waals surface area (Å²) in [6.45, 7) is 0.133. The summed E-state index contributed by atoms with van der Waals surface area (Å²) < 4.78 is 20.6. The lowest BCUT2D eigenvalue weighted by Crippen LogP contribution is -2.41. The fourth-order valence-corrected chi connectivity index (χ4v) is 3.98. The monoisotopic (exact) mass is 344 g/mol. The van der Waals surface area contributed by atoms with E-state index < -0.39 is 5.41 Å². The van der Waals surface area contributed by atoms with Crippen LogP contribution in [0.5, 0.6) is 0 Å². The van der Waals surface area contributed by atoms with E-state index >= 15 is 0 Å². The van der Waals surface area contributed by atoms with Gasteiger partial charge in [0.2, 0.25) is 0 Å². The van der Waals surface area contributed by atoms with E-state index in [9.17, 15) is 14.6 Å². The van der Waals surface area contributed by atoms with Gasteiger partial charge in [-0.15, -0.1) is 0 Å². The molecule has 2 N–H and O–H groups in total. The van der Waals surface area contributed by atoms with Crippen LogP contribution < -0.4 is 0 Å². The molecular weight excluding hydrogens is 319 g/mol. The van der Waals surface area contributed by atoms with Gasteiger partial charge in [-0.2, -0.15) is 0 Å². The Morgan fingerprint density at radius 3 is 2.60 bits per heavy atom. The van der Waals surface area contributed by atoms with E-state index in [1.54, 1.807) is 12.1 Å². The first-order valence-corrected chi connectivity index (χ1v) is 8.83. The molecule has 25 heavy (non-hydrogen) atoms. The third-order valence-electron chi connectivity index (χ3n) is 5.23. The Morgan fingerprint density at radius 1 is 1.08 bits per heavy atom. The summed E-state index contributed by atoms with van der Waals surface area (Å²) in [6, 6.07) is 14.7. The Morgan fingerprint density at radius 2 is 1.88 bits per heavy atom. The van der Waals surface area contributed by atoms with E-state index in [1.807, 2.05) is 30.3 Å². The van der Waals surface area contributed by atoms with Gasteiger partial charge in [-0.1, -0.05) is 42.5 Å². The summed E-state index contributed by atoms with van der Waals surface area (Å²) in [4.78, 5) is 0. The zero-order chi connectivity index (χ0) is 17.7. The van der Waals surface area contributed by atoms with Gasteiger partial charge < -0.3 is 14.9 Å². The lowest BCUT2D eigenvalue weighted by atomic mass is 9.67. The van der Waals surface area contributed by atoms with Crippen LogP contribution in [0.1, 0.15) is 42.4 Å². The quantitative estimate of drug-likeness (QED) is 0.840. The van der Waals surface area contributed by atoms with Gasteiger partial charge in [0.1, 0.15) is 5.82 Å². The fraction of sp³-hybridized carbons (Fsp3) is 0.429. The van der Waals surface area contributed by atoms with E-state index in [-0.39, 0.29) is 25.1 Å². The molecule has 0 radical (unpaired) electrons. The second kappa shape index (κ2) is 8.09. The number of aliphatic hydroxyl groups excluding tert-OH is 2.